The Morgan fingerprint density at radius 1 is 1.18 bits per heavy atom. The first kappa shape index (κ1) is 22.4. The van der Waals surface area contributed by atoms with E-state index in [0.29, 0.717) is 16.9 Å². The molecule has 1 aromatic carbocycles. The lowest BCUT2D eigenvalue weighted by Gasteiger charge is -2.31. The number of amides is 2. The van der Waals surface area contributed by atoms with Crippen molar-refractivity contribution in [1.82, 2.24) is 25.0 Å². The standard InChI is InChI=1S/C23H25N5O5/c1-14(15-6-7-18(19(29)11-15)28-10-4-9-25-28)26-22(32)23(2,33)20(30)21(31)27-12-16-5-3-8-24-17(16)13-27/h3-11,14,20,29-30,33H,12-13H2,1-2H3,(H,26,32)/t14-,20?,23-/m1/s1. The van der Waals surface area contributed by atoms with Crippen LogP contribution in [0, 0.1) is 0 Å². The molecule has 1 aliphatic heterocycles. The van der Waals surface area contributed by atoms with Crippen LogP contribution in [0.25, 0.3) is 5.69 Å². The molecule has 0 aliphatic carbocycles. The van der Waals surface area contributed by atoms with E-state index in [4.69, 9.17) is 0 Å². The molecule has 2 amide bonds. The van der Waals surface area contributed by atoms with Crippen molar-refractivity contribution in [3.05, 3.63) is 71.8 Å². The van der Waals surface area contributed by atoms with Gasteiger partial charge in [0.05, 0.1) is 18.3 Å². The van der Waals surface area contributed by atoms with Crippen molar-refractivity contribution in [2.24, 2.45) is 0 Å². The second kappa shape index (κ2) is 8.64. The first-order valence-corrected chi connectivity index (χ1v) is 10.4. The van der Waals surface area contributed by atoms with Crippen LogP contribution in [-0.2, 0) is 22.7 Å². The second-order valence-corrected chi connectivity index (χ2v) is 8.25. The summed E-state index contributed by atoms with van der Waals surface area (Å²) in [4.78, 5) is 31.1. The highest BCUT2D eigenvalue weighted by Gasteiger charge is 2.45. The van der Waals surface area contributed by atoms with Crippen molar-refractivity contribution < 1.29 is 24.9 Å². The predicted molar refractivity (Wildman–Crippen MR) is 117 cm³/mol. The Bertz CT molecular complexity index is 1150. The Morgan fingerprint density at radius 3 is 2.64 bits per heavy atom. The number of hydrogen-bond donors (Lipinski definition) is 4. The molecule has 3 heterocycles. The Hall–Kier alpha value is -3.76. The predicted octanol–water partition coefficient (Wildman–Crippen LogP) is 0.804. The topological polar surface area (TPSA) is 141 Å². The molecule has 3 aromatic rings. The number of fused-ring (bicyclic) bond motifs is 1. The molecule has 1 aliphatic rings. The van der Waals surface area contributed by atoms with E-state index in [9.17, 15) is 24.9 Å². The molecule has 1 unspecified atom stereocenters. The minimum Gasteiger partial charge on any atom is -0.506 e. The first-order valence-electron chi connectivity index (χ1n) is 10.4. The van der Waals surface area contributed by atoms with Crippen LogP contribution in [0.2, 0.25) is 0 Å². The van der Waals surface area contributed by atoms with Crippen LogP contribution in [0.3, 0.4) is 0 Å². The number of aromatic nitrogens is 3. The smallest absolute Gasteiger partial charge is 0.255 e. The molecular weight excluding hydrogens is 426 g/mol. The number of benzene rings is 1. The molecule has 0 radical (unpaired) electrons. The summed E-state index contributed by atoms with van der Waals surface area (Å²) < 4.78 is 1.50. The van der Waals surface area contributed by atoms with Gasteiger partial charge in [0, 0.05) is 25.1 Å². The maximum absolute atomic E-state index is 12.8. The number of phenols is 1. The van der Waals surface area contributed by atoms with E-state index in [1.807, 2.05) is 6.07 Å². The van der Waals surface area contributed by atoms with E-state index < -0.39 is 29.6 Å². The molecule has 2 aromatic heterocycles. The Kier molecular flexibility index (Phi) is 5.88. The molecular formula is C23H25N5O5. The lowest BCUT2D eigenvalue weighted by atomic mass is 9.95. The molecule has 172 valence electrons. The van der Waals surface area contributed by atoms with Crippen LogP contribution in [0.4, 0.5) is 0 Å². The summed E-state index contributed by atoms with van der Waals surface area (Å²) >= 11 is 0. The monoisotopic (exact) mass is 451 g/mol. The number of nitrogens with one attached hydrogen (secondary N) is 1. The van der Waals surface area contributed by atoms with Crippen LogP contribution in [-0.4, -0.2) is 58.5 Å². The quantitative estimate of drug-likeness (QED) is 0.435. The number of aliphatic hydroxyl groups excluding tert-OH is 1. The van der Waals surface area contributed by atoms with Gasteiger partial charge in [0.25, 0.3) is 11.8 Å². The van der Waals surface area contributed by atoms with Crippen LogP contribution >= 0.6 is 0 Å². The van der Waals surface area contributed by atoms with Crippen molar-refractivity contribution >= 4 is 11.8 Å². The van der Waals surface area contributed by atoms with Gasteiger partial charge in [0.1, 0.15) is 11.4 Å². The summed E-state index contributed by atoms with van der Waals surface area (Å²) in [6, 6.07) is 9.52. The summed E-state index contributed by atoms with van der Waals surface area (Å²) in [5.74, 6) is -1.72. The molecule has 10 nitrogen and oxygen atoms in total. The molecule has 33 heavy (non-hydrogen) atoms. The molecule has 0 bridgehead atoms. The highest BCUT2D eigenvalue weighted by molar-refractivity contribution is 5.94. The normalized spacial score (nSPS) is 16.5. The summed E-state index contributed by atoms with van der Waals surface area (Å²) in [5, 5.41) is 38.3. The van der Waals surface area contributed by atoms with Gasteiger partial charge < -0.3 is 25.5 Å². The van der Waals surface area contributed by atoms with Crippen molar-refractivity contribution in [2.45, 2.75) is 44.7 Å². The average Bonchev–Trinajstić information content (AvgIpc) is 3.47. The van der Waals surface area contributed by atoms with Crippen molar-refractivity contribution in [2.75, 3.05) is 0 Å². The minimum atomic E-state index is -2.37. The van der Waals surface area contributed by atoms with E-state index in [1.54, 1.807) is 49.8 Å². The van der Waals surface area contributed by atoms with E-state index in [1.165, 1.54) is 15.6 Å². The maximum Gasteiger partial charge on any atom is 0.255 e. The zero-order valence-electron chi connectivity index (χ0n) is 18.2. The highest BCUT2D eigenvalue weighted by atomic mass is 16.4. The molecule has 3 atom stereocenters. The zero-order chi connectivity index (χ0) is 23.8. The maximum atomic E-state index is 12.8. The van der Waals surface area contributed by atoms with E-state index >= 15 is 0 Å². The molecule has 4 N–H and O–H groups in total. The third-order valence-corrected chi connectivity index (χ3v) is 5.82. The summed E-state index contributed by atoms with van der Waals surface area (Å²) in [7, 11) is 0. The fourth-order valence-electron chi connectivity index (χ4n) is 3.73. The number of nitrogens with zero attached hydrogens (tertiary/aromatic N) is 4. The first-order chi connectivity index (χ1) is 15.7. The summed E-state index contributed by atoms with van der Waals surface area (Å²) in [6.45, 7) is 3.20. The molecule has 0 fully saturated rings. The number of carbonyl (C=O) groups is 2. The van der Waals surface area contributed by atoms with E-state index in [2.05, 4.69) is 15.4 Å². The molecule has 0 saturated carbocycles. The van der Waals surface area contributed by atoms with Gasteiger partial charge in [-0.1, -0.05) is 12.1 Å². The molecule has 4 rings (SSSR count). The third kappa shape index (κ3) is 4.30. The number of rotatable bonds is 6. The fraction of sp³-hybridized carbons (Fsp3) is 0.304. The molecule has 0 saturated heterocycles. The average molecular weight is 451 g/mol. The zero-order valence-corrected chi connectivity index (χ0v) is 18.2. The Labute approximate surface area is 190 Å². The Balaban J connectivity index is 1.42. The van der Waals surface area contributed by atoms with Gasteiger partial charge in [-0.05, 0) is 49.2 Å². The van der Waals surface area contributed by atoms with Crippen molar-refractivity contribution in [3.63, 3.8) is 0 Å². The van der Waals surface area contributed by atoms with Crippen molar-refractivity contribution in [3.8, 4) is 11.4 Å². The Morgan fingerprint density at radius 2 is 1.97 bits per heavy atom. The van der Waals surface area contributed by atoms with Gasteiger partial charge in [-0.15, -0.1) is 0 Å². The number of phenolic OH excluding ortho intramolecular Hbond substituents is 1. The van der Waals surface area contributed by atoms with Gasteiger partial charge in [-0.25, -0.2) is 4.68 Å². The summed E-state index contributed by atoms with van der Waals surface area (Å²) in [6.07, 6.45) is 2.93. The lowest BCUT2D eigenvalue weighted by molar-refractivity contribution is -0.166. The van der Waals surface area contributed by atoms with Crippen molar-refractivity contribution in [1.29, 1.82) is 0 Å². The third-order valence-electron chi connectivity index (χ3n) is 5.82. The SMILES string of the molecule is C[C@@H](NC(=O)[C@](C)(O)C(O)C(=O)N1Cc2cccnc2C1)c1ccc(-n2cccn2)c(O)c1. The van der Waals surface area contributed by atoms with Crippen LogP contribution in [0.1, 0.15) is 36.7 Å². The number of aliphatic hydroxyl groups is 2. The number of carbonyl (C=O) groups excluding carboxylic acids is 2. The van der Waals surface area contributed by atoms with Crippen LogP contribution < -0.4 is 5.32 Å². The van der Waals surface area contributed by atoms with E-state index in [-0.39, 0.29) is 18.8 Å². The van der Waals surface area contributed by atoms with Gasteiger partial charge in [-0.3, -0.25) is 14.6 Å². The highest BCUT2D eigenvalue weighted by Crippen LogP contribution is 2.27. The fourth-order valence-corrected chi connectivity index (χ4v) is 3.73. The minimum absolute atomic E-state index is 0.0403. The number of aromatic hydroxyl groups is 1. The lowest BCUT2D eigenvalue weighted by Crippen LogP contribution is -2.58. The summed E-state index contributed by atoms with van der Waals surface area (Å²) in [5.41, 5.74) is 0.235. The molecule has 0 spiro atoms. The van der Waals surface area contributed by atoms with Gasteiger partial charge in [0.15, 0.2) is 11.7 Å². The largest absolute Gasteiger partial charge is 0.506 e. The number of hydrogen-bond acceptors (Lipinski definition) is 7. The van der Waals surface area contributed by atoms with E-state index in [0.717, 1.165) is 12.5 Å². The second-order valence-electron chi connectivity index (χ2n) is 8.25. The van der Waals surface area contributed by atoms with Gasteiger partial charge in [0.2, 0.25) is 0 Å². The van der Waals surface area contributed by atoms with Gasteiger partial charge in [-0.2, -0.15) is 5.10 Å². The molecule has 10 heteroatoms. The van der Waals surface area contributed by atoms with Crippen LogP contribution in [0.15, 0.2) is 55.0 Å². The number of pyridine rings is 1. The van der Waals surface area contributed by atoms with Gasteiger partial charge >= 0.3 is 0 Å². The van der Waals surface area contributed by atoms with Crippen LogP contribution in [0.5, 0.6) is 5.75 Å².